The van der Waals surface area contributed by atoms with E-state index in [1.54, 1.807) is 10.7 Å². The fraction of sp³-hybridized carbons (Fsp3) is 0.0909. The quantitative estimate of drug-likeness (QED) is 0.394. The lowest BCUT2D eigenvalue weighted by Crippen LogP contribution is -2.19. The molecule has 29 heavy (non-hydrogen) atoms. The first-order valence-electron chi connectivity index (χ1n) is 9.04. The van der Waals surface area contributed by atoms with Gasteiger partial charge >= 0.3 is 0 Å². The Bertz CT molecular complexity index is 1200. The third kappa shape index (κ3) is 4.39. The second kappa shape index (κ2) is 8.19. The predicted octanol–water partition coefficient (Wildman–Crippen LogP) is 5.99. The van der Waals surface area contributed by atoms with Crippen LogP contribution in [-0.4, -0.2) is 14.9 Å². The standard InChI is InChI=1S/C22H18ClFN4S/c1-14-11-21(27-28(14)13-16-9-10-17(24)12-19(16)23)26-22(29)25-20-8-4-6-15-5-2-3-7-18(15)20/h2-12H,13H2,1H3,(H2,25,26,27,29). The van der Waals surface area contributed by atoms with Gasteiger partial charge in [-0.2, -0.15) is 5.10 Å². The molecule has 4 rings (SSSR count). The second-order valence-electron chi connectivity index (χ2n) is 6.67. The molecule has 0 unspecified atom stereocenters. The van der Waals surface area contributed by atoms with Crippen LogP contribution in [-0.2, 0) is 6.54 Å². The van der Waals surface area contributed by atoms with Gasteiger partial charge < -0.3 is 10.6 Å². The number of anilines is 2. The number of halogens is 2. The summed E-state index contributed by atoms with van der Waals surface area (Å²) in [5.41, 5.74) is 2.65. The molecule has 0 atom stereocenters. The van der Waals surface area contributed by atoms with Crippen LogP contribution in [0.1, 0.15) is 11.3 Å². The number of thiocarbonyl (C=S) groups is 1. The molecular formula is C22H18ClFN4S. The van der Waals surface area contributed by atoms with Crippen molar-refractivity contribution in [1.82, 2.24) is 9.78 Å². The minimum atomic E-state index is -0.358. The van der Waals surface area contributed by atoms with Gasteiger partial charge in [0.05, 0.1) is 6.54 Å². The summed E-state index contributed by atoms with van der Waals surface area (Å²) < 4.78 is 15.0. The maximum atomic E-state index is 13.3. The average Bonchev–Trinajstić information content (AvgIpc) is 3.03. The lowest BCUT2D eigenvalue weighted by Gasteiger charge is -2.11. The van der Waals surface area contributed by atoms with Crippen molar-refractivity contribution in [2.24, 2.45) is 0 Å². The number of nitrogens with one attached hydrogen (secondary N) is 2. The largest absolute Gasteiger partial charge is 0.332 e. The van der Waals surface area contributed by atoms with Gasteiger partial charge in [0.2, 0.25) is 0 Å². The van der Waals surface area contributed by atoms with Crippen molar-refractivity contribution >= 4 is 51.2 Å². The van der Waals surface area contributed by atoms with Gasteiger partial charge in [0.1, 0.15) is 5.82 Å². The Balaban J connectivity index is 1.48. The van der Waals surface area contributed by atoms with Crippen molar-refractivity contribution in [3.63, 3.8) is 0 Å². The van der Waals surface area contributed by atoms with Crippen molar-refractivity contribution in [2.45, 2.75) is 13.5 Å². The van der Waals surface area contributed by atoms with Crippen LogP contribution in [0.3, 0.4) is 0 Å². The summed E-state index contributed by atoms with van der Waals surface area (Å²) in [5.74, 6) is 0.265. The minimum absolute atomic E-state index is 0.358. The van der Waals surface area contributed by atoms with Gasteiger partial charge in [-0.25, -0.2) is 4.39 Å². The maximum Gasteiger partial charge on any atom is 0.176 e. The molecule has 0 bridgehead atoms. The number of aromatic nitrogens is 2. The van der Waals surface area contributed by atoms with E-state index >= 15 is 0 Å². The van der Waals surface area contributed by atoms with Gasteiger partial charge in [-0.1, -0.05) is 54.1 Å². The molecule has 2 N–H and O–H groups in total. The van der Waals surface area contributed by atoms with Gasteiger partial charge in [-0.05, 0) is 48.3 Å². The Labute approximate surface area is 178 Å². The van der Waals surface area contributed by atoms with Crippen LogP contribution in [0.4, 0.5) is 15.9 Å². The molecule has 4 aromatic rings. The Kier molecular flexibility index (Phi) is 5.47. The third-order valence-electron chi connectivity index (χ3n) is 4.60. The zero-order valence-corrected chi connectivity index (χ0v) is 17.2. The lowest BCUT2D eigenvalue weighted by atomic mass is 10.1. The Morgan fingerprint density at radius 2 is 1.86 bits per heavy atom. The predicted molar refractivity (Wildman–Crippen MR) is 121 cm³/mol. The van der Waals surface area contributed by atoms with Gasteiger partial charge in [0, 0.05) is 27.9 Å². The monoisotopic (exact) mass is 424 g/mol. The Morgan fingerprint density at radius 1 is 1.07 bits per heavy atom. The van der Waals surface area contributed by atoms with Crippen LogP contribution in [0.15, 0.2) is 66.7 Å². The van der Waals surface area contributed by atoms with E-state index < -0.39 is 0 Å². The number of hydrogen-bond acceptors (Lipinski definition) is 2. The van der Waals surface area contributed by atoms with Crippen LogP contribution in [0.2, 0.25) is 5.02 Å². The highest BCUT2D eigenvalue weighted by molar-refractivity contribution is 7.80. The summed E-state index contributed by atoms with van der Waals surface area (Å²) in [6.45, 7) is 2.38. The van der Waals surface area contributed by atoms with Gasteiger partial charge in [-0.15, -0.1) is 0 Å². The average molecular weight is 425 g/mol. The highest BCUT2D eigenvalue weighted by atomic mass is 35.5. The number of aryl methyl sites for hydroxylation is 1. The number of fused-ring (bicyclic) bond motifs is 1. The van der Waals surface area contributed by atoms with E-state index in [0.29, 0.717) is 22.5 Å². The van der Waals surface area contributed by atoms with E-state index in [9.17, 15) is 4.39 Å². The normalized spacial score (nSPS) is 10.9. The summed E-state index contributed by atoms with van der Waals surface area (Å²) in [5, 5.41) is 13.9. The summed E-state index contributed by atoms with van der Waals surface area (Å²) in [6, 6.07) is 20.4. The smallest absolute Gasteiger partial charge is 0.176 e. The highest BCUT2D eigenvalue weighted by Crippen LogP contribution is 2.23. The molecule has 3 aromatic carbocycles. The Hall–Kier alpha value is -2.96. The summed E-state index contributed by atoms with van der Waals surface area (Å²) in [6.07, 6.45) is 0. The molecule has 1 heterocycles. The van der Waals surface area contributed by atoms with E-state index in [4.69, 9.17) is 23.8 Å². The molecule has 0 saturated heterocycles. The molecular weight excluding hydrogens is 407 g/mol. The molecule has 146 valence electrons. The van der Waals surface area contributed by atoms with Gasteiger partial charge in [0.15, 0.2) is 10.9 Å². The molecule has 0 aliphatic heterocycles. The molecule has 0 aliphatic carbocycles. The van der Waals surface area contributed by atoms with Crippen LogP contribution in [0.5, 0.6) is 0 Å². The molecule has 0 radical (unpaired) electrons. The van der Waals surface area contributed by atoms with Crippen molar-refractivity contribution < 1.29 is 4.39 Å². The fourth-order valence-corrected chi connectivity index (χ4v) is 3.59. The van der Waals surface area contributed by atoms with Crippen LogP contribution < -0.4 is 10.6 Å². The molecule has 7 heteroatoms. The fourth-order valence-electron chi connectivity index (χ4n) is 3.15. The summed E-state index contributed by atoms with van der Waals surface area (Å²) in [4.78, 5) is 0. The van der Waals surface area contributed by atoms with E-state index in [1.165, 1.54) is 12.1 Å². The van der Waals surface area contributed by atoms with Gasteiger partial charge in [0.25, 0.3) is 0 Å². The molecule has 0 spiro atoms. The summed E-state index contributed by atoms with van der Waals surface area (Å²) >= 11 is 11.6. The molecule has 0 saturated carbocycles. The maximum absolute atomic E-state index is 13.3. The number of benzene rings is 3. The molecule has 0 aliphatic rings. The number of rotatable bonds is 4. The van der Waals surface area contributed by atoms with Gasteiger partial charge in [-0.3, -0.25) is 4.68 Å². The molecule has 0 amide bonds. The van der Waals surface area contributed by atoms with Crippen LogP contribution in [0.25, 0.3) is 10.8 Å². The molecule has 0 fully saturated rings. The third-order valence-corrected chi connectivity index (χ3v) is 5.15. The topological polar surface area (TPSA) is 41.9 Å². The first kappa shape index (κ1) is 19.4. The van der Waals surface area contributed by atoms with E-state index in [0.717, 1.165) is 27.7 Å². The van der Waals surface area contributed by atoms with E-state index in [1.807, 2.05) is 43.3 Å². The highest BCUT2D eigenvalue weighted by Gasteiger charge is 2.10. The first-order chi connectivity index (χ1) is 14.0. The SMILES string of the molecule is Cc1cc(NC(=S)Nc2cccc3ccccc23)nn1Cc1ccc(F)cc1Cl. The van der Waals surface area contributed by atoms with E-state index in [2.05, 4.69) is 27.9 Å². The zero-order valence-electron chi connectivity index (χ0n) is 15.6. The first-order valence-corrected chi connectivity index (χ1v) is 9.82. The van der Waals surface area contributed by atoms with E-state index in [-0.39, 0.29) is 5.82 Å². The Morgan fingerprint density at radius 3 is 2.69 bits per heavy atom. The second-order valence-corrected chi connectivity index (χ2v) is 7.49. The minimum Gasteiger partial charge on any atom is -0.332 e. The van der Waals surface area contributed by atoms with Crippen molar-refractivity contribution in [1.29, 1.82) is 0 Å². The number of nitrogens with zero attached hydrogens (tertiary/aromatic N) is 2. The van der Waals surface area contributed by atoms with Crippen molar-refractivity contribution in [3.8, 4) is 0 Å². The number of hydrogen-bond donors (Lipinski definition) is 2. The van der Waals surface area contributed by atoms with Crippen molar-refractivity contribution in [2.75, 3.05) is 10.6 Å². The molecule has 1 aromatic heterocycles. The lowest BCUT2D eigenvalue weighted by molar-refractivity contribution is 0.623. The van der Waals surface area contributed by atoms with Crippen LogP contribution in [0, 0.1) is 12.7 Å². The van der Waals surface area contributed by atoms with Crippen molar-refractivity contribution in [3.05, 3.63) is 88.8 Å². The summed E-state index contributed by atoms with van der Waals surface area (Å²) in [7, 11) is 0. The zero-order chi connectivity index (χ0) is 20.4. The van der Waals surface area contributed by atoms with Crippen LogP contribution >= 0.6 is 23.8 Å². The molecule has 4 nitrogen and oxygen atoms in total.